The Morgan fingerprint density at radius 1 is 1.12 bits per heavy atom. The normalized spacial score (nSPS) is 11.5. The zero-order chi connectivity index (χ0) is 11.6. The number of nitrogen functional groups attached to an aromatic ring is 1. The van der Waals surface area contributed by atoms with Crippen molar-refractivity contribution >= 4 is 26.9 Å². The van der Waals surface area contributed by atoms with Gasteiger partial charge in [0.05, 0.1) is 5.75 Å². The predicted molar refractivity (Wildman–Crippen MR) is 66.1 cm³/mol. The molecule has 0 unspecified atom stereocenters. The molecule has 84 valence electrons. The van der Waals surface area contributed by atoms with E-state index in [1.807, 2.05) is 0 Å². The highest BCUT2D eigenvalue weighted by atomic mass is 32.2. The summed E-state index contributed by atoms with van der Waals surface area (Å²) in [6, 6.07) is 10.2. The second-order valence-corrected chi connectivity index (χ2v) is 6.60. The summed E-state index contributed by atoms with van der Waals surface area (Å²) < 4.78 is 24.3. The van der Waals surface area contributed by atoms with Gasteiger partial charge in [0.25, 0.3) is 0 Å². The second kappa shape index (κ2) is 4.27. The van der Waals surface area contributed by atoms with Gasteiger partial charge in [-0.25, -0.2) is 8.42 Å². The first-order valence-corrected chi connectivity index (χ1v) is 7.22. The summed E-state index contributed by atoms with van der Waals surface area (Å²) in [5, 5.41) is 1.76. The quantitative estimate of drug-likeness (QED) is 0.854. The second-order valence-electron chi connectivity index (χ2n) is 3.43. The molecule has 1 aromatic heterocycles. The summed E-state index contributed by atoms with van der Waals surface area (Å²) >= 11 is 1.24. The fraction of sp³-hybridized carbons (Fsp3) is 0.0909. The van der Waals surface area contributed by atoms with Crippen LogP contribution in [0, 0.1) is 0 Å². The van der Waals surface area contributed by atoms with E-state index in [4.69, 9.17) is 5.73 Å². The number of rotatable bonds is 3. The standard InChI is InChI=1S/C11H11NO2S2/c12-10-5-3-9(4-6-10)8-16(13,14)11-2-1-7-15-11/h1-7H,8,12H2. The van der Waals surface area contributed by atoms with Gasteiger partial charge < -0.3 is 5.73 Å². The van der Waals surface area contributed by atoms with Crippen LogP contribution < -0.4 is 5.73 Å². The van der Waals surface area contributed by atoms with Crippen molar-refractivity contribution in [1.29, 1.82) is 0 Å². The zero-order valence-corrected chi connectivity index (χ0v) is 10.1. The van der Waals surface area contributed by atoms with Crippen molar-refractivity contribution in [2.24, 2.45) is 0 Å². The van der Waals surface area contributed by atoms with Crippen molar-refractivity contribution in [3.05, 3.63) is 47.3 Å². The Balaban J connectivity index is 2.25. The Bertz CT molecular complexity index is 557. The summed E-state index contributed by atoms with van der Waals surface area (Å²) in [7, 11) is -3.21. The molecule has 0 fully saturated rings. The highest BCUT2D eigenvalue weighted by Crippen LogP contribution is 2.21. The molecule has 0 spiro atoms. The minimum atomic E-state index is -3.21. The highest BCUT2D eigenvalue weighted by Gasteiger charge is 2.15. The fourth-order valence-corrected chi connectivity index (χ4v) is 3.78. The number of sulfone groups is 1. The number of nitrogens with two attached hydrogens (primary N) is 1. The van der Waals surface area contributed by atoms with E-state index in [1.54, 1.807) is 41.8 Å². The van der Waals surface area contributed by atoms with Gasteiger partial charge in [0.1, 0.15) is 4.21 Å². The first-order chi connectivity index (χ1) is 7.58. The Kier molecular flexibility index (Phi) is 2.98. The Morgan fingerprint density at radius 2 is 1.81 bits per heavy atom. The molecule has 2 N–H and O–H groups in total. The van der Waals surface area contributed by atoms with Gasteiger partial charge in [-0.1, -0.05) is 18.2 Å². The molecule has 2 rings (SSSR count). The minimum absolute atomic E-state index is 0.0216. The van der Waals surface area contributed by atoms with Crippen molar-refractivity contribution in [2.45, 2.75) is 9.96 Å². The smallest absolute Gasteiger partial charge is 0.191 e. The Labute approximate surface area is 98.5 Å². The van der Waals surface area contributed by atoms with Crippen LogP contribution >= 0.6 is 11.3 Å². The lowest BCUT2D eigenvalue weighted by molar-refractivity contribution is 0.597. The third kappa shape index (κ3) is 2.43. The topological polar surface area (TPSA) is 60.2 Å². The van der Waals surface area contributed by atoms with Crippen molar-refractivity contribution in [1.82, 2.24) is 0 Å². The lowest BCUT2D eigenvalue weighted by Gasteiger charge is -2.02. The molecule has 0 bridgehead atoms. The molecule has 0 aliphatic heterocycles. The van der Waals surface area contributed by atoms with E-state index < -0.39 is 9.84 Å². The van der Waals surface area contributed by atoms with Crippen LogP contribution in [0.3, 0.4) is 0 Å². The van der Waals surface area contributed by atoms with Crippen LogP contribution in [0.15, 0.2) is 46.0 Å². The molecular weight excluding hydrogens is 242 g/mol. The van der Waals surface area contributed by atoms with E-state index in [9.17, 15) is 8.42 Å². The van der Waals surface area contributed by atoms with Crippen LogP contribution in [0.25, 0.3) is 0 Å². The van der Waals surface area contributed by atoms with Crippen molar-refractivity contribution in [2.75, 3.05) is 5.73 Å². The van der Waals surface area contributed by atoms with Crippen molar-refractivity contribution in [3.8, 4) is 0 Å². The van der Waals surface area contributed by atoms with Crippen LogP contribution in [0.4, 0.5) is 5.69 Å². The van der Waals surface area contributed by atoms with Gasteiger partial charge in [-0.15, -0.1) is 11.3 Å². The average molecular weight is 253 g/mol. The molecule has 0 saturated carbocycles. The van der Waals surface area contributed by atoms with E-state index in [0.29, 0.717) is 9.90 Å². The summed E-state index contributed by atoms with van der Waals surface area (Å²) in [5.74, 6) is 0.0216. The van der Waals surface area contributed by atoms with Gasteiger partial charge in [-0.3, -0.25) is 0 Å². The Morgan fingerprint density at radius 3 is 2.38 bits per heavy atom. The monoisotopic (exact) mass is 253 g/mol. The highest BCUT2D eigenvalue weighted by molar-refractivity contribution is 7.92. The van der Waals surface area contributed by atoms with Gasteiger partial charge in [0, 0.05) is 5.69 Å². The van der Waals surface area contributed by atoms with E-state index in [2.05, 4.69) is 0 Å². The van der Waals surface area contributed by atoms with Crippen LogP contribution in [0.1, 0.15) is 5.56 Å². The summed E-state index contributed by atoms with van der Waals surface area (Å²) in [4.78, 5) is 0. The molecule has 0 amide bonds. The van der Waals surface area contributed by atoms with Crippen molar-refractivity contribution in [3.63, 3.8) is 0 Å². The molecule has 0 saturated heterocycles. The third-order valence-electron chi connectivity index (χ3n) is 2.14. The van der Waals surface area contributed by atoms with Crippen LogP contribution in [-0.4, -0.2) is 8.42 Å². The number of hydrogen-bond donors (Lipinski definition) is 1. The lowest BCUT2D eigenvalue weighted by Crippen LogP contribution is -2.02. The minimum Gasteiger partial charge on any atom is -0.399 e. The largest absolute Gasteiger partial charge is 0.399 e. The maximum absolute atomic E-state index is 11.9. The molecule has 0 aliphatic carbocycles. The van der Waals surface area contributed by atoms with Gasteiger partial charge in [0.2, 0.25) is 0 Å². The van der Waals surface area contributed by atoms with E-state index >= 15 is 0 Å². The zero-order valence-electron chi connectivity index (χ0n) is 8.46. The van der Waals surface area contributed by atoms with Crippen LogP contribution in [-0.2, 0) is 15.6 Å². The molecule has 2 aromatic rings. The summed E-state index contributed by atoms with van der Waals surface area (Å²) in [6.07, 6.45) is 0. The first kappa shape index (κ1) is 11.2. The third-order valence-corrected chi connectivity index (χ3v) is 5.31. The van der Waals surface area contributed by atoms with E-state index in [0.717, 1.165) is 5.56 Å². The number of thiophene rings is 1. The Hall–Kier alpha value is -1.33. The molecule has 1 aromatic carbocycles. The van der Waals surface area contributed by atoms with Crippen LogP contribution in [0.5, 0.6) is 0 Å². The number of benzene rings is 1. The average Bonchev–Trinajstić information content (AvgIpc) is 2.75. The van der Waals surface area contributed by atoms with E-state index in [-0.39, 0.29) is 5.75 Å². The molecule has 0 atom stereocenters. The lowest BCUT2D eigenvalue weighted by atomic mass is 10.2. The summed E-state index contributed by atoms with van der Waals surface area (Å²) in [5.41, 5.74) is 6.93. The maximum atomic E-state index is 11.9. The number of anilines is 1. The maximum Gasteiger partial charge on any atom is 0.191 e. The molecule has 5 heteroatoms. The van der Waals surface area contributed by atoms with Gasteiger partial charge in [-0.2, -0.15) is 0 Å². The van der Waals surface area contributed by atoms with Gasteiger partial charge in [0.15, 0.2) is 9.84 Å². The fourth-order valence-electron chi connectivity index (χ4n) is 1.34. The van der Waals surface area contributed by atoms with Gasteiger partial charge in [-0.05, 0) is 29.1 Å². The predicted octanol–water partition coefficient (Wildman–Crippen LogP) is 2.30. The first-order valence-electron chi connectivity index (χ1n) is 4.68. The number of hydrogen-bond acceptors (Lipinski definition) is 4. The SMILES string of the molecule is Nc1ccc(CS(=O)(=O)c2cccs2)cc1. The molecule has 0 aliphatic rings. The van der Waals surface area contributed by atoms with E-state index in [1.165, 1.54) is 11.3 Å². The molecule has 16 heavy (non-hydrogen) atoms. The molecular formula is C11H11NO2S2. The molecule has 0 radical (unpaired) electrons. The molecule has 3 nitrogen and oxygen atoms in total. The molecule has 1 heterocycles. The van der Waals surface area contributed by atoms with Crippen LogP contribution in [0.2, 0.25) is 0 Å². The van der Waals surface area contributed by atoms with Crippen molar-refractivity contribution < 1.29 is 8.42 Å². The summed E-state index contributed by atoms with van der Waals surface area (Å²) in [6.45, 7) is 0. The van der Waals surface area contributed by atoms with Gasteiger partial charge >= 0.3 is 0 Å².